The minimum atomic E-state index is -0.248. The first-order valence-electron chi connectivity index (χ1n) is 15.8. The lowest BCUT2D eigenvalue weighted by atomic mass is 9.63. The number of ether oxygens (including phenoxy) is 4. The molecule has 4 rings (SSSR count). The maximum absolute atomic E-state index is 11.7. The van der Waals surface area contributed by atoms with Crippen LogP contribution >= 0.6 is 0 Å². The molecule has 0 aromatic rings. The average Bonchev–Trinajstić information content (AvgIpc) is 3.44. The molecule has 4 aliphatic carbocycles. The zero-order valence-corrected chi connectivity index (χ0v) is 26.7. The highest BCUT2D eigenvalue weighted by atomic mass is 16.5. The highest BCUT2D eigenvalue weighted by molar-refractivity contribution is 5.79. The highest BCUT2D eigenvalue weighted by Crippen LogP contribution is 2.58. The fourth-order valence-corrected chi connectivity index (χ4v) is 9.11. The SMILES string of the molecule is CC(=O)OC1CCCC2(C)C(C(C)=O)CCC12.COC(=O)[C@@H](C)CO[C@H](C)C1CCC2C(OC(C)=O)CCCC21C. The lowest BCUT2D eigenvalue weighted by molar-refractivity contribution is -0.157. The van der Waals surface area contributed by atoms with E-state index in [4.69, 9.17) is 18.9 Å². The van der Waals surface area contributed by atoms with E-state index in [0.29, 0.717) is 30.1 Å². The van der Waals surface area contributed by atoms with Crippen molar-refractivity contribution in [3.8, 4) is 0 Å². The average molecular weight is 579 g/mol. The third-order valence-electron chi connectivity index (χ3n) is 11.1. The van der Waals surface area contributed by atoms with E-state index in [2.05, 4.69) is 20.8 Å². The van der Waals surface area contributed by atoms with Crippen LogP contribution in [-0.4, -0.2) is 55.7 Å². The number of carbonyl (C=O) groups is 4. The fourth-order valence-electron chi connectivity index (χ4n) is 9.11. The lowest BCUT2D eigenvalue weighted by Crippen LogP contribution is -2.44. The summed E-state index contributed by atoms with van der Waals surface area (Å²) >= 11 is 0. The van der Waals surface area contributed by atoms with Gasteiger partial charge in [0, 0.05) is 31.6 Å². The van der Waals surface area contributed by atoms with Crippen LogP contribution < -0.4 is 0 Å². The second-order valence-corrected chi connectivity index (χ2v) is 13.7. The minimum absolute atomic E-state index is 0.0376. The Labute approximate surface area is 247 Å². The smallest absolute Gasteiger partial charge is 0.310 e. The summed E-state index contributed by atoms with van der Waals surface area (Å²) in [5.74, 6) is 0.871. The van der Waals surface area contributed by atoms with Crippen LogP contribution in [0, 0.1) is 40.4 Å². The molecule has 0 bridgehead atoms. The van der Waals surface area contributed by atoms with Crippen LogP contribution in [0.3, 0.4) is 0 Å². The molecule has 0 aliphatic heterocycles. The maximum atomic E-state index is 11.7. The molecule has 4 aliphatic rings. The Morgan fingerprint density at radius 1 is 0.756 bits per heavy atom. The van der Waals surface area contributed by atoms with Gasteiger partial charge in [0.15, 0.2) is 0 Å². The van der Waals surface area contributed by atoms with Crippen molar-refractivity contribution in [2.75, 3.05) is 13.7 Å². The summed E-state index contributed by atoms with van der Waals surface area (Å²) in [7, 11) is 1.40. The van der Waals surface area contributed by atoms with Crippen molar-refractivity contribution in [2.24, 2.45) is 40.4 Å². The summed E-state index contributed by atoms with van der Waals surface area (Å²) in [5, 5.41) is 0. The first-order chi connectivity index (χ1) is 19.2. The Bertz CT molecular complexity index is 948. The number of fused-ring (bicyclic) bond motifs is 2. The van der Waals surface area contributed by atoms with Gasteiger partial charge in [-0.25, -0.2) is 0 Å². The number of carbonyl (C=O) groups excluding carboxylic acids is 4. The molecule has 4 fully saturated rings. The third-order valence-corrected chi connectivity index (χ3v) is 11.1. The summed E-state index contributed by atoms with van der Waals surface area (Å²) in [5.41, 5.74) is 0.205. The van der Waals surface area contributed by atoms with E-state index in [-0.39, 0.29) is 58.9 Å². The van der Waals surface area contributed by atoms with Gasteiger partial charge in [-0.1, -0.05) is 13.8 Å². The fraction of sp³-hybridized carbons (Fsp3) is 0.879. The van der Waals surface area contributed by atoms with Crippen molar-refractivity contribution in [2.45, 2.75) is 131 Å². The largest absolute Gasteiger partial charge is 0.469 e. The minimum Gasteiger partial charge on any atom is -0.469 e. The maximum Gasteiger partial charge on any atom is 0.310 e. The van der Waals surface area contributed by atoms with Crippen LogP contribution in [0.4, 0.5) is 0 Å². The van der Waals surface area contributed by atoms with Gasteiger partial charge in [-0.15, -0.1) is 0 Å². The van der Waals surface area contributed by atoms with Crippen LogP contribution in [0.5, 0.6) is 0 Å². The second-order valence-electron chi connectivity index (χ2n) is 13.7. The number of Topliss-reactive ketones (excluding diaryl/α,β-unsaturated/α-hetero) is 1. The van der Waals surface area contributed by atoms with E-state index in [9.17, 15) is 19.2 Å². The molecule has 8 unspecified atom stereocenters. The lowest BCUT2D eigenvalue weighted by Gasteiger charge is -2.45. The number of hydrogen-bond donors (Lipinski definition) is 0. The predicted molar refractivity (Wildman–Crippen MR) is 155 cm³/mol. The van der Waals surface area contributed by atoms with Gasteiger partial charge in [0.25, 0.3) is 0 Å². The molecule has 0 amide bonds. The number of rotatable bonds is 8. The molecular weight excluding hydrogens is 524 g/mol. The van der Waals surface area contributed by atoms with Crippen molar-refractivity contribution in [1.82, 2.24) is 0 Å². The van der Waals surface area contributed by atoms with E-state index in [1.54, 1.807) is 6.92 Å². The molecule has 0 heterocycles. The molecule has 8 nitrogen and oxygen atoms in total. The molecule has 10 atom stereocenters. The van der Waals surface area contributed by atoms with Gasteiger partial charge < -0.3 is 18.9 Å². The van der Waals surface area contributed by atoms with Gasteiger partial charge in [-0.2, -0.15) is 0 Å². The highest BCUT2D eigenvalue weighted by Gasteiger charge is 2.55. The van der Waals surface area contributed by atoms with Gasteiger partial charge in [-0.05, 0) is 102 Å². The van der Waals surface area contributed by atoms with E-state index < -0.39 is 0 Å². The molecule has 0 radical (unpaired) electrons. The molecule has 41 heavy (non-hydrogen) atoms. The molecule has 0 N–H and O–H groups in total. The van der Waals surface area contributed by atoms with Crippen LogP contribution in [0.2, 0.25) is 0 Å². The molecule has 0 aromatic carbocycles. The van der Waals surface area contributed by atoms with E-state index in [1.807, 2.05) is 6.92 Å². The van der Waals surface area contributed by atoms with Crippen molar-refractivity contribution in [3.63, 3.8) is 0 Å². The van der Waals surface area contributed by atoms with Crippen LogP contribution in [0.15, 0.2) is 0 Å². The van der Waals surface area contributed by atoms with Crippen molar-refractivity contribution in [3.05, 3.63) is 0 Å². The number of ketones is 1. The van der Waals surface area contributed by atoms with Crippen molar-refractivity contribution < 1.29 is 38.1 Å². The first kappa shape index (κ1) is 33.5. The quantitative estimate of drug-likeness (QED) is 0.252. The number of methoxy groups -OCH3 is 1. The Hall–Kier alpha value is -1.96. The van der Waals surface area contributed by atoms with E-state index in [1.165, 1.54) is 21.0 Å². The molecule has 0 saturated heterocycles. The Morgan fingerprint density at radius 2 is 1.27 bits per heavy atom. The summed E-state index contributed by atoms with van der Waals surface area (Å²) < 4.78 is 21.8. The standard InChI is InChI=1S/C19H32O5.C14H22O3/c1-12(18(21)22-5)11-23-13(2)15-8-9-16-17(24-14(3)20)7-6-10-19(15,16)4;1-9(15)11-6-7-12-13(17-10(2)16)5-4-8-14(11,12)3/h12-13,15-17H,6-11H2,1-5H3;11-13H,4-8H2,1-3H3/t12-,13+,15?,16?,17?,19?;/m0./s1. The van der Waals surface area contributed by atoms with E-state index >= 15 is 0 Å². The number of esters is 3. The summed E-state index contributed by atoms with van der Waals surface area (Å²) in [6.07, 6.45) is 10.7. The topological polar surface area (TPSA) is 105 Å². The summed E-state index contributed by atoms with van der Waals surface area (Å²) in [6.45, 7) is 13.5. The van der Waals surface area contributed by atoms with E-state index in [0.717, 1.165) is 64.2 Å². The van der Waals surface area contributed by atoms with Crippen molar-refractivity contribution in [1.29, 1.82) is 0 Å². The molecule has 0 spiro atoms. The molecular formula is C33H54O8. The zero-order valence-electron chi connectivity index (χ0n) is 26.7. The molecule has 0 aromatic heterocycles. The van der Waals surface area contributed by atoms with Crippen LogP contribution in [-0.2, 0) is 38.1 Å². The number of hydrogen-bond acceptors (Lipinski definition) is 8. The van der Waals surface area contributed by atoms with Gasteiger partial charge in [0.05, 0.1) is 25.7 Å². The summed E-state index contributed by atoms with van der Waals surface area (Å²) in [4.78, 5) is 45.8. The zero-order chi connectivity index (χ0) is 30.5. The molecule has 8 heteroatoms. The van der Waals surface area contributed by atoms with Gasteiger partial charge >= 0.3 is 17.9 Å². The second kappa shape index (κ2) is 14.0. The Morgan fingerprint density at radius 3 is 1.78 bits per heavy atom. The van der Waals surface area contributed by atoms with Crippen LogP contribution in [0.25, 0.3) is 0 Å². The van der Waals surface area contributed by atoms with Gasteiger partial charge in [0.2, 0.25) is 0 Å². The monoisotopic (exact) mass is 578 g/mol. The Balaban J connectivity index is 0.000000239. The van der Waals surface area contributed by atoms with Gasteiger partial charge in [0.1, 0.15) is 18.0 Å². The third kappa shape index (κ3) is 7.52. The predicted octanol–water partition coefficient (Wildman–Crippen LogP) is 6.07. The molecule has 4 saturated carbocycles. The molecule has 234 valence electrons. The first-order valence-corrected chi connectivity index (χ1v) is 15.8. The normalized spacial score (nSPS) is 37.4. The summed E-state index contributed by atoms with van der Waals surface area (Å²) in [6, 6.07) is 0. The Kier molecular flexibility index (Phi) is 11.5. The van der Waals surface area contributed by atoms with Crippen molar-refractivity contribution >= 4 is 23.7 Å². The van der Waals surface area contributed by atoms with Crippen LogP contribution in [0.1, 0.15) is 113 Å². The van der Waals surface area contributed by atoms with Gasteiger partial charge in [-0.3, -0.25) is 19.2 Å².